The fraction of sp³-hybridized carbons (Fsp3) is 0.483. The second-order valence-electron chi connectivity index (χ2n) is 11.0. The van der Waals surface area contributed by atoms with Gasteiger partial charge >= 0.3 is 0 Å². The largest absolute Gasteiger partial charge is 0.373 e. The van der Waals surface area contributed by atoms with Crippen molar-refractivity contribution < 1.29 is 23.2 Å². The van der Waals surface area contributed by atoms with Gasteiger partial charge in [0, 0.05) is 32.4 Å². The van der Waals surface area contributed by atoms with Gasteiger partial charge in [0.05, 0.1) is 29.4 Å². The monoisotopic (exact) mass is 570 g/mol. The van der Waals surface area contributed by atoms with E-state index in [-0.39, 0.29) is 24.1 Å². The van der Waals surface area contributed by atoms with Crippen LogP contribution in [0, 0.1) is 0 Å². The number of benzene rings is 2. The summed E-state index contributed by atoms with van der Waals surface area (Å²) in [5.41, 5.74) is 4.73. The molecule has 3 aromatic rings. The highest BCUT2D eigenvalue weighted by atomic mass is 32.2. The summed E-state index contributed by atoms with van der Waals surface area (Å²) in [6, 6.07) is 13.8. The fourth-order valence-electron chi connectivity index (χ4n) is 4.99. The number of aryl methyl sites for hydroxylation is 1. The zero-order valence-electron chi connectivity index (χ0n) is 23.5. The predicted molar refractivity (Wildman–Crippen MR) is 154 cm³/mol. The van der Waals surface area contributed by atoms with Crippen LogP contribution in [0.4, 0.5) is 0 Å². The van der Waals surface area contributed by atoms with Crippen LogP contribution >= 0.6 is 0 Å². The number of hydrogen-bond donors (Lipinski definition) is 2. The first-order valence-corrected chi connectivity index (χ1v) is 15.4. The van der Waals surface area contributed by atoms with E-state index in [1.807, 2.05) is 12.1 Å². The Morgan fingerprint density at radius 2 is 1.88 bits per heavy atom. The molecule has 1 fully saturated rings. The van der Waals surface area contributed by atoms with E-state index in [1.165, 1.54) is 28.9 Å². The van der Waals surface area contributed by atoms with E-state index in [0.717, 1.165) is 56.5 Å². The van der Waals surface area contributed by atoms with Gasteiger partial charge in [0.2, 0.25) is 0 Å². The molecule has 2 aromatic carbocycles. The lowest BCUT2D eigenvalue weighted by atomic mass is 9.99. The van der Waals surface area contributed by atoms with E-state index in [2.05, 4.69) is 48.0 Å². The topological polar surface area (TPSA) is 131 Å². The van der Waals surface area contributed by atoms with Gasteiger partial charge in [-0.25, -0.2) is 18.9 Å². The van der Waals surface area contributed by atoms with Crippen LogP contribution in [0.15, 0.2) is 53.6 Å². The van der Waals surface area contributed by atoms with Gasteiger partial charge in [0.1, 0.15) is 0 Å². The number of morpholine rings is 1. The molecule has 10 nitrogen and oxygen atoms in total. The van der Waals surface area contributed by atoms with Crippen molar-refractivity contribution in [1.82, 2.24) is 19.9 Å². The highest BCUT2D eigenvalue weighted by Crippen LogP contribution is 2.25. The maximum atomic E-state index is 13.1. The molecule has 2 heterocycles. The molecule has 1 saturated heterocycles. The summed E-state index contributed by atoms with van der Waals surface area (Å²) < 4.78 is 29.8. The molecule has 0 aliphatic carbocycles. The minimum atomic E-state index is -3.87. The SMILES string of the molecule is CCC1(C)CN(CCc2ccc(-c3ccc4c(=O)n(CC[C@](C)(C(=O)NO)S(C)(=O)=O)cnc4c3)cc2)CCO1. The molecule has 216 valence electrons. The molecule has 1 unspecified atom stereocenters. The lowest BCUT2D eigenvalue weighted by Crippen LogP contribution is -2.50. The Kier molecular flexibility index (Phi) is 8.79. The highest BCUT2D eigenvalue weighted by Gasteiger charge is 2.43. The minimum absolute atomic E-state index is 0.0654. The maximum absolute atomic E-state index is 13.1. The van der Waals surface area contributed by atoms with Crippen molar-refractivity contribution in [3.63, 3.8) is 0 Å². The zero-order chi connectivity index (χ0) is 29.1. The standard InChI is InChI=1S/C29H38N4O6S/c1-5-28(2)19-32(16-17-39-28)14-12-21-6-8-22(9-7-21)23-10-11-24-25(18-23)30-20-33(26(24)34)15-13-29(3,27(35)31-36)40(4,37)38/h6-11,18,20,36H,5,12-17,19H2,1-4H3,(H,31,35)/t28?,29-/m1/s1. The lowest BCUT2D eigenvalue weighted by molar-refractivity contribution is -0.131. The van der Waals surface area contributed by atoms with E-state index >= 15 is 0 Å². The Hall–Kier alpha value is -3.12. The van der Waals surface area contributed by atoms with E-state index in [9.17, 15) is 18.0 Å². The summed E-state index contributed by atoms with van der Waals surface area (Å²) in [5.74, 6) is -1.05. The van der Waals surface area contributed by atoms with Crippen molar-refractivity contribution in [1.29, 1.82) is 0 Å². The van der Waals surface area contributed by atoms with Crippen LogP contribution in [-0.2, 0) is 32.3 Å². The van der Waals surface area contributed by atoms with E-state index < -0.39 is 20.5 Å². The van der Waals surface area contributed by atoms with Crippen molar-refractivity contribution in [2.45, 2.75) is 56.9 Å². The van der Waals surface area contributed by atoms with Gasteiger partial charge in [0.25, 0.3) is 11.5 Å². The normalized spacial score (nSPS) is 19.8. The molecule has 1 aliphatic heterocycles. The van der Waals surface area contributed by atoms with Crippen LogP contribution in [0.2, 0.25) is 0 Å². The Morgan fingerprint density at radius 1 is 1.18 bits per heavy atom. The van der Waals surface area contributed by atoms with Crippen LogP contribution in [0.5, 0.6) is 0 Å². The number of sulfone groups is 1. The second-order valence-corrected chi connectivity index (χ2v) is 13.5. The molecule has 11 heteroatoms. The number of rotatable bonds is 10. The summed E-state index contributed by atoms with van der Waals surface area (Å²) in [7, 11) is -3.87. The number of carbonyl (C=O) groups excluding carboxylic acids is 1. The first kappa shape index (κ1) is 29.9. The quantitative estimate of drug-likeness (QED) is 0.281. The maximum Gasteiger partial charge on any atom is 0.264 e. The molecule has 0 saturated carbocycles. The molecule has 1 amide bonds. The van der Waals surface area contributed by atoms with Crippen molar-refractivity contribution in [3.05, 3.63) is 64.7 Å². The summed E-state index contributed by atoms with van der Waals surface area (Å²) in [5, 5.41) is 9.41. The number of ether oxygens (including phenoxy) is 1. The number of hydroxylamine groups is 1. The van der Waals surface area contributed by atoms with Gasteiger partial charge in [0.15, 0.2) is 14.6 Å². The molecule has 0 bridgehead atoms. The number of aromatic nitrogens is 2. The average Bonchev–Trinajstić information content (AvgIpc) is 2.94. The Labute approximate surface area is 234 Å². The van der Waals surface area contributed by atoms with Gasteiger partial charge in [-0.05, 0) is 61.9 Å². The van der Waals surface area contributed by atoms with E-state index in [1.54, 1.807) is 6.07 Å². The third-order valence-electron chi connectivity index (χ3n) is 8.22. The predicted octanol–water partition coefficient (Wildman–Crippen LogP) is 2.81. The van der Waals surface area contributed by atoms with Crippen molar-refractivity contribution in [2.75, 3.05) is 32.5 Å². The number of amides is 1. The van der Waals surface area contributed by atoms with Gasteiger partial charge in [-0.3, -0.25) is 24.3 Å². The Balaban J connectivity index is 1.46. The second kappa shape index (κ2) is 11.8. The third kappa shape index (κ3) is 6.27. The van der Waals surface area contributed by atoms with E-state index in [0.29, 0.717) is 10.9 Å². The zero-order valence-corrected chi connectivity index (χ0v) is 24.3. The van der Waals surface area contributed by atoms with Gasteiger partial charge in [-0.2, -0.15) is 0 Å². The van der Waals surface area contributed by atoms with Crippen LogP contribution in [0.1, 0.15) is 39.2 Å². The van der Waals surface area contributed by atoms with Crippen LogP contribution in [0.3, 0.4) is 0 Å². The first-order chi connectivity index (χ1) is 18.9. The fourth-order valence-corrected chi connectivity index (χ4v) is 5.84. The molecule has 1 aliphatic rings. The van der Waals surface area contributed by atoms with Crippen molar-refractivity contribution in [2.24, 2.45) is 0 Å². The summed E-state index contributed by atoms with van der Waals surface area (Å²) >= 11 is 0. The molecular weight excluding hydrogens is 532 g/mol. The molecule has 0 spiro atoms. The average molecular weight is 571 g/mol. The Bertz CT molecular complexity index is 1540. The number of hydrogen-bond acceptors (Lipinski definition) is 8. The van der Waals surface area contributed by atoms with Crippen LogP contribution < -0.4 is 11.0 Å². The number of carbonyl (C=O) groups is 1. The molecular formula is C29H38N4O6S. The number of nitrogens with zero attached hydrogens (tertiary/aromatic N) is 3. The van der Waals surface area contributed by atoms with Gasteiger partial charge in [-0.15, -0.1) is 0 Å². The molecule has 1 aromatic heterocycles. The minimum Gasteiger partial charge on any atom is -0.373 e. The number of nitrogens with one attached hydrogen (secondary N) is 1. The van der Waals surface area contributed by atoms with Crippen molar-refractivity contribution in [3.8, 4) is 11.1 Å². The van der Waals surface area contributed by atoms with Gasteiger partial charge in [-0.1, -0.05) is 37.3 Å². The highest BCUT2D eigenvalue weighted by molar-refractivity contribution is 7.92. The summed E-state index contributed by atoms with van der Waals surface area (Å²) in [6.07, 6.45) is 4.02. The molecule has 0 radical (unpaired) electrons. The molecule has 4 rings (SSSR count). The first-order valence-electron chi connectivity index (χ1n) is 13.5. The molecule has 40 heavy (non-hydrogen) atoms. The van der Waals surface area contributed by atoms with Crippen LogP contribution in [-0.4, -0.2) is 76.8 Å². The van der Waals surface area contributed by atoms with Crippen LogP contribution in [0.25, 0.3) is 22.0 Å². The Morgan fingerprint density at radius 3 is 2.52 bits per heavy atom. The smallest absolute Gasteiger partial charge is 0.264 e. The lowest BCUT2D eigenvalue weighted by Gasteiger charge is -2.40. The number of fused-ring (bicyclic) bond motifs is 1. The summed E-state index contributed by atoms with van der Waals surface area (Å²) in [6.45, 7) is 9.15. The molecule has 2 atom stereocenters. The van der Waals surface area contributed by atoms with Crippen molar-refractivity contribution >= 4 is 26.6 Å². The van der Waals surface area contributed by atoms with Gasteiger partial charge < -0.3 is 4.74 Å². The van der Waals surface area contributed by atoms with E-state index in [4.69, 9.17) is 9.94 Å². The third-order valence-corrected chi connectivity index (χ3v) is 10.2. The summed E-state index contributed by atoms with van der Waals surface area (Å²) in [4.78, 5) is 32.1. The molecule has 2 N–H and O–H groups in total.